The number of ether oxygens (including phenoxy) is 1. The van der Waals surface area contributed by atoms with Crippen molar-refractivity contribution in [3.8, 4) is 0 Å². The van der Waals surface area contributed by atoms with Crippen molar-refractivity contribution in [2.24, 2.45) is 11.3 Å². The first-order valence-corrected chi connectivity index (χ1v) is 4.77. The van der Waals surface area contributed by atoms with Crippen LogP contribution in [0.3, 0.4) is 0 Å². The summed E-state index contributed by atoms with van der Waals surface area (Å²) in [5, 5.41) is 0. The maximum absolute atomic E-state index is 11.3. The fourth-order valence-corrected chi connectivity index (χ4v) is 2.39. The topological polar surface area (TPSA) is 26.3 Å². The molecule has 68 valence electrons. The lowest BCUT2D eigenvalue weighted by Crippen LogP contribution is -2.21. The molecule has 0 spiro atoms. The zero-order chi connectivity index (χ0) is 8.77. The van der Waals surface area contributed by atoms with Crippen molar-refractivity contribution < 1.29 is 9.53 Å². The van der Waals surface area contributed by atoms with Crippen LogP contribution >= 0.6 is 0 Å². The van der Waals surface area contributed by atoms with Crippen LogP contribution in [0.1, 0.15) is 39.5 Å². The second-order valence-corrected chi connectivity index (χ2v) is 4.90. The summed E-state index contributed by atoms with van der Waals surface area (Å²) in [6.45, 7) is 4.50. The Morgan fingerprint density at radius 3 is 3.00 bits per heavy atom. The van der Waals surface area contributed by atoms with Crippen LogP contribution in [-0.2, 0) is 9.53 Å². The highest BCUT2D eigenvalue weighted by atomic mass is 16.5. The van der Waals surface area contributed by atoms with Gasteiger partial charge in [-0.2, -0.15) is 0 Å². The van der Waals surface area contributed by atoms with E-state index in [2.05, 4.69) is 13.8 Å². The Bertz CT molecular complexity index is 208. The van der Waals surface area contributed by atoms with Gasteiger partial charge in [0.15, 0.2) is 0 Å². The second-order valence-electron chi connectivity index (χ2n) is 4.90. The lowest BCUT2D eigenvalue weighted by molar-refractivity contribution is -0.146. The van der Waals surface area contributed by atoms with Crippen molar-refractivity contribution in [3.63, 3.8) is 0 Å². The van der Waals surface area contributed by atoms with Gasteiger partial charge in [0.05, 0.1) is 5.92 Å². The highest BCUT2D eigenvalue weighted by Crippen LogP contribution is 2.41. The molecule has 1 saturated carbocycles. The molecule has 12 heavy (non-hydrogen) atoms. The molecule has 2 nitrogen and oxygen atoms in total. The predicted molar refractivity (Wildman–Crippen MR) is 45.6 cm³/mol. The van der Waals surface area contributed by atoms with Gasteiger partial charge in [-0.25, -0.2) is 0 Å². The van der Waals surface area contributed by atoms with Crippen LogP contribution in [0.4, 0.5) is 0 Å². The van der Waals surface area contributed by atoms with E-state index in [-0.39, 0.29) is 18.0 Å². The normalized spacial score (nSPS) is 39.0. The minimum atomic E-state index is 0.0489. The molecule has 1 heterocycles. The smallest absolute Gasteiger partial charge is 0.309 e. The summed E-state index contributed by atoms with van der Waals surface area (Å²) < 4.78 is 5.22. The van der Waals surface area contributed by atoms with Gasteiger partial charge in [0.2, 0.25) is 0 Å². The first-order valence-electron chi connectivity index (χ1n) is 4.77. The highest BCUT2D eigenvalue weighted by molar-refractivity contribution is 5.74. The predicted octanol–water partition coefficient (Wildman–Crippen LogP) is 2.13. The van der Waals surface area contributed by atoms with E-state index in [1.54, 1.807) is 0 Å². The van der Waals surface area contributed by atoms with E-state index in [1.165, 1.54) is 6.42 Å². The zero-order valence-electron chi connectivity index (χ0n) is 7.80. The molecule has 2 aliphatic rings. The number of fused-ring (bicyclic) bond motifs is 2. The van der Waals surface area contributed by atoms with Gasteiger partial charge in [0, 0.05) is 0 Å². The standard InChI is InChI=1S/C10H16O2/c1-10(2)4-3-8-5-7(6-10)9(11)12-8/h7-8H,3-6H2,1-2H3. The summed E-state index contributed by atoms with van der Waals surface area (Å²) >= 11 is 0. The van der Waals surface area contributed by atoms with Crippen molar-refractivity contribution in [3.05, 3.63) is 0 Å². The molecule has 1 saturated heterocycles. The SMILES string of the molecule is CC1(C)CCC2CC(C1)C(=O)O2. The van der Waals surface area contributed by atoms with Crippen LogP contribution in [0, 0.1) is 11.3 Å². The van der Waals surface area contributed by atoms with Crippen molar-refractivity contribution in [1.82, 2.24) is 0 Å². The van der Waals surface area contributed by atoms with Gasteiger partial charge in [0.1, 0.15) is 6.10 Å². The molecule has 0 amide bonds. The average molecular weight is 168 g/mol. The summed E-state index contributed by atoms with van der Waals surface area (Å²) in [7, 11) is 0. The van der Waals surface area contributed by atoms with Crippen LogP contribution in [0.2, 0.25) is 0 Å². The van der Waals surface area contributed by atoms with E-state index in [0.717, 1.165) is 19.3 Å². The fraction of sp³-hybridized carbons (Fsp3) is 0.900. The Labute approximate surface area is 73.3 Å². The molecule has 0 radical (unpaired) electrons. The Hall–Kier alpha value is -0.530. The molecule has 0 aromatic heterocycles. The number of esters is 1. The molecule has 2 atom stereocenters. The minimum absolute atomic E-state index is 0.0489. The Kier molecular flexibility index (Phi) is 1.67. The van der Waals surface area contributed by atoms with Crippen molar-refractivity contribution in [1.29, 1.82) is 0 Å². The molecule has 2 heteroatoms. The molecule has 0 aromatic carbocycles. The van der Waals surface area contributed by atoms with Gasteiger partial charge in [-0.1, -0.05) is 13.8 Å². The third-order valence-electron chi connectivity index (χ3n) is 3.11. The van der Waals surface area contributed by atoms with Crippen LogP contribution in [0.5, 0.6) is 0 Å². The third kappa shape index (κ3) is 1.35. The monoisotopic (exact) mass is 168 g/mol. The van der Waals surface area contributed by atoms with Gasteiger partial charge in [0.25, 0.3) is 0 Å². The molecule has 2 bridgehead atoms. The van der Waals surface area contributed by atoms with Gasteiger partial charge in [-0.05, 0) is 31.1 Å². The summed E-state index contributed by atoms with van der Waals surface area (Å²) in [4.78, 5) is 11.3. The largest absolute Gasteiger partial charge is 0.462 e. The third-order valence-corrected chi connectivity index (χ3v) is 3.11. The molecule has 2 unspecified atom stereocenters. The maximum atomic E-state index is 11.3. The maximum Gasteiger partial charge on any atom is 0.309 e. The van der Waals surface area contributed by atoms with E-state index in [1.807, 2.05) is 0 Å². The van der Waals surface area contributed by atoms with Crippen LogP contribution in [0.25, 0.3) is 0 Å². The number of carbonyl (C=O) groups is 1. The van der Waals surface area contributed by atoms with E-state index >= 15 is 0 Å². The first-order chi connectivity index (χ1) is 5.57. The van der Waals surface area contributed by atoms with Gasteiger partial charge >= 0.3 is 5.97 Å². The number of hydrogen-bond donors (Lipinski definition) is 0. The molecule has 2 fully saturated rings. The molecule has 2 rings (SSSR count). The molecule has 1 aliphatic heterocycles. The zero-order valence-corrected chi connectivity index (χ0v) is 7.80. The average Bonchev–Trinajstić information content (AvgIpc) is 2.19. The Morgan fingerprint density at radius 2 is 2.25 bits per heavy atom. The number of carbonyl (C=O) groups excluding carboxylic acids is 1. The lowest BCUT2D eigenvalue weighted by atomic mass is 9.81. The fourth-order valence-electron chi connectivity index (χ4n) is 2.39. The molecule has 0 aromatic rings. The molecular weight excluding hydrogens is 152 g/mol. The highest BCUT2D eigenvalue weighted by Gasteiger charge is 2.41. The summed E-state index contributed by atoms with van der Waals surface area (Å²) in [6, 6.07) is 0. The van der Waals surface area contributed by atoms with Gasteiger partial charge in [-0.15, -0.1) is 0 Å². The molecular formula is C10H16O2. The Balaban J connectivity index is 2.15. The number of rotatable bonds is 0. The first kappa shape index (κ1) is 8.09. The van der Waals surface area contributed by atoms with E-state index in [0.29, 0.717) is 5.41 Å². The van der Waals surface area contributed by atoms with Crippen LogP contribution < -0.4 is 0 Å². The summed E-state index contributed by atoms with van der Waals surface area (Å²) in [5.74, 6) is 0.250. The van der Waals surface area contributed by atoms with Crippen LogP contribution in [-0.4, -0.2) is 12.1 Å². The Morgan fingerprint density at radius 1 is 1.50 bits per heavy atom. The quantitative estimate of drug-likeness (QED) is 0.518. The van der Waals surface area contributed by atoms with E-state index < -0.39 is 0 Å². The summed E-state index contributed by atoms with van der Waals surface area (Å²) in [6.07, 6.45) is 4.49. The second kappa shape index (κ2) is 2.48. The van der Waals surface area contributed by atoms with E-state index in [9.17, 15) is 4.79 Å². The molecule has 1 aliphatic carbocycles. The summed E-state index contributed by atoms with van der Waals surface area (Å²) in [5.41, 5.74) is 0.346. The minimum Gasteiger partial charge on any atom is -0.462 e. The number of hydrogen-bond acceptors (Lipinski definition) is 2. The van der Waals surface area contributed by atoms with Crippen molar-refractivity contribution in [2.45, 2.75) is 45.6 Å². The van der Waals surface area contributed by atoms with Gasteiger partial charge < -0.3 is 4.74 Å². The van der Waals surface area contributed by atoms with Crippen LogP contribution in [0.15, 0.2) is 0 Å². The van der Waals surface area contributed by atoms with E-state index in [4.69, 9.17) is 4.74 Å². The lowest BCUT2D eigenvalue weighted by Gasteiger charge is -2.25. The van der Waals surface area contributed by atoms with Gasteiger partial charge in [-0.3, -0.25) is 4.79 Å². The molecule has 0 N–H and O–H groups in total. The van der Waals surface area contributed by atoms with Crippen molar-refractivity contribution in [2.75, 3.05) is 0 Å². The van der Waals surface area contributed by atoms with Crippen molar-refractivity contribution >= 4 is 5.97 Å².